The molecule has 0 saturated heterocycles. The Kier molecular flexibility index (Phi) is 7.17. The summed E-state index contributed by atoms with van der Waals surface area (Å²) >= 11 is 0. The molecule has 3 rings (SSSR count). The van der Waals surface area contributed by atoms with E-state index in [9.17, 15) is 14.9 Å². The zero-order valence-electron chi connectivity index (χ0n) is 17.5. The highest BCUT2D eigenvalue weighted by molar-refractivity contribution is 6.09. The average Bonchev–Trinajstić information content (AvgIpc) is 2.83. The van der Waals surface area contributed by atoms with Gasteiger partial charge in [-0.1, -0.05) is 12.1 Å². The fraction of sp³-hybridized carbons (Fsp3) is 0.0833. The maximum Gasteiger partial charge on any atom is 0.269 e. The molecule has 8 nitrogen and oxygen atoms in total. The van der Waals surface area contributed by atoms with Crippen molar-refractivity contribution in [3.05, 3.63) is 83.7 Å². The lowest BCUT2D eigenvalue weighted by molar-refractivity contribution is -0.112. The second-order valence-electron chi connectivity index (χ2n) is 6.48. The molecule has 0 spiro atoms. The number of carbonyl (C=O) groups is 2. The summed E-state index contributed by atoms with van der Waals surface area (Å²) in [6.07, 6.45) is 2.98. The summed E-state index contributed by atoms with van der Waals surface area (Å²) in [5.41, 5.74) is 1.41. The van der Waals surface area contributed by atoms with Crippen LogP contribution < -0.4 is 20.1 Å². The van der Waals surface area contributed by atoms with Crippen molar-refractivity contribution in [1.82, 2.24) is 10.3 Å². The van der Waals surface area contributed by atoms with Crippen LogP contribution in [0, 0.1) is 11.3 Å². The number of rotatable bonds is 7. The van der Waals surface area contributed by atoms with Crippen LogP contribution >= 0.6 is 0 Å². The summed E-state index contributed by atoms with van der Waals surface area (Å²) in [5.74, 6) is 0.797. The van der Waals surface area contributed by atoms with Crippen molar-refractivity contribution in [2.75, 3.05) is 19.5 Å². The van der Waals surface area contributed by atoms with Gasteiger partial charge in [0.25, 0.3) is 11.8 Å². The molecule has 0 aliphatic carbocycles. The molecule has 2 amide bonds. The number of aromatic nitrogens is 1. The molecule has 8 heteroatoms. The number of amides is 2. The van der Waals surface area contributed by atoms with E-state index < -0.39 is 5.91 Å². The first-order chi connectivity index (χ1) is 15.5. The van der Waals surface area contributed by atoms with E-state index in [1.807, 2.05) is 6.07 Å². The molecule has 0 fully saturated rings. The van der Waals surface area contributed by atoms with E-state index in [-0.39, 0.29) is 17.2 Å². The van der Waals surface area contributed by atoms with Crippen molar-refractivity contribution in [1.29, 1.82) is 5.26 Å². The number of nitrogens with zero attached hydrogens (tertiary/aromatic N) is 2. The SMILES string of the molecule is CNC(=O)c1cc(Oc2ccc(NC(=O)/C(C#N)=C/c3ccc(OC)cc3)cc2)ccn1. The molecular weight excluding hydrogens is 408 g/mol. The van der Waals surface area contributed by atoms with E-state index in [1.54, 1.807) is 61.7 Å². The van der Waals surface area contributed by atoms with Gasteiger partial charge in [0.05, 0.1) is 7.11 Å². The minimum absolute atomic E-state index is 0.0333. The highest BCUT2D eigenvalue weighted by Gasteiger charge is 2.10. The molecule has 0 unspecified atom stereocenters. The van der Waals surface area contributed by atoms with Crippen molar-refractivity contribution >= 4 is 23.6 Å². The van der Waals surface area contributed by atoms with Gasteiger partial charge >= 0.3 is 0 Å². The van der Waals surface area contributed by atoms with Gasteiger partial charge in [0, 0.05) is 25.0 Å². The molecule has 0 bridgehead atoms. The smallest absolute Gasteiger partial charge is 0.269 e. The van der Waals surface area contributed by atoms with Crippen molar-refractivity contribution < 1.29 is 19.1 Å². The Morgan fingerprint density at radius 1 is 1.00 bits per heavy atom. The van der Waals surface area contributed by atoms with Crippen LogP contribution in [0.15, 0.2) is 72.4 Å². The first kappa shape index (κ1) is 22.1. The van der Waals surface area contributed by atoms with Gasteiger partial charge in [-0.05, 0) is 54.1 Å². The molecule has 1 heterocycles. The summed E-state index contributed by atoms with van der Waals surface area (Å²) < 4.78 is 10.8. The first-order valence-corrected chi connectivity index (χ1v) is 9.55. The second-order valence-corrected chi connectivity index (χ2v) is 6.48. The monoisotopic (exact) mass is 428 g/mol. The van der Waals surface area contributed by atoms with Gasteiger partial charge in [0.15, 0.2) is 0 Å². The Morgan fingerprint density at radius 2 is 1.69 bits per heavy atom. The molecule has 2 N–H and O–H groups in total. The van der Waals surface area contributed by atoms with Crippen molar-refractivity contribution in [3.63, 3.8) is 0 Å². The Labute approximate surface area is 185 Å². The average molecular weight is 428 g/mol. The van der Waals surface area contributed by atoms with Crippen LogP contribution in [0.5, 0.6) is 17.2 Å². The van der Waals surface area contributed by atoms with Crippen LogP contribution in [-0.4, -0.2) is 31.0 Å². The lowest BCUT2D eigenvalue weighted by atomic mass is 10.1. The van der Waals surface area contributed by atoms with Gasteiger partial charge in [0.1, 0.15) is 34.6 Å². The molecule has 0 aliphatic heterocycles. The molecule has 3 aromatic rings. The molecule has 0 saturated carbocycles. The number of benzene rings is 2. The number of methoxy groups -OCH3 is 1. The van der Waals surface area contributed by atoms with Crippen LogP contribution in [0.4, 0.5) is 5.69 Å². The number of hydrogen-bond acceptors (Lipinski definition) is 6. The van der Waals surface area contributed by atoms with Crippen LogP contribution in [0.25, 0.3) is 6.08 Å². The van der Waals surface area contributed by atoms with E-state index >= 15 is 0 Å². The van der Waals surface area contributed by atoms with Crippen LogP contribution in [0.2, 0.25) is 0 Å². The lowest BCUT2D eigenvalue weighted by Crippen LogP contribution is -2.18. The van der Waals surface area contributed by atoms with Gasteiger partial charge in [0.2, 0.25) is 0 Å². The van der Waals surface area contributed by atoms with Gasteiger partial charge in [-0.25, -0.2) is 0 Å². The van der Waals surface area contributed by atoms with Crippen LogP contribution in [0.3, 0.4) is 0 Å². The molecule has 32 heavy (non-hydrogen) atoms. The Morgan fingerprint density at radius 3 is 2.31 bits per heavy atom. The third-order valence-corrected chi connectivity index (χ3v) is 4.33. The largest absolute Gasteiger partial charge is 0.497 e. The summed E-state index contributed by atoms with van der Waals surface area (Å²) in [6, 6.07) is 18.7. The number of nitriles is 1. The third-order valence-electron chi connectivity index (χ3n) is 4.33. The summed E-state index contributed by atoms with van der Waals surface area (Å²) in [6.45, 7) is 0. The standard InChI is InChI=1S/C24H20N4O4/c1-26-24(30)22-14-21(11-12-27-22)32-20-9-5-18(6-10-20)28-23(29)17(15-25)13-16-3-7-19(31-2)8-4-16/h3-14H,1-2H3,(H,26,30)(H,28,29)/b17-13+. The predicted octanol–water partition coefficient (Wildman–Crippen LogP) is 3.79. The molecule has 0 atom stereocenters. The number of anilines is 1. The van der Waals surface area contributed by atoms with Crippen LogP contribution in [0.1, 0.15) is 16.1 Å². The highest BCUT2D eigenvalue weighted by Crippen LogP contribution is 2.23. The summed E-state index contributed by atoms with van der Waals surface area (Å²) in [5, 5.41) is 14.6. The number of carbonyl (C=O) groups excluding carboxylic acids is 2. The number of pyridine rings is 1. The number of ether oxygens (including phenoxy) is 2. The molecule has 2 aromatic carbocycles. The molecule has 160 valence electrons. The zero-order valence-corrected chi connectivity index (χ0v) is 17.5. The molecule has 0 radical (unpaired) electrons. The maximum absolute atomic E-state index is 12.5. The maximum atomic E-state index is 12.5. The van der Waals surface area contributed by atoms with Gasteiger partial charge in [-0.2, -0.15) is 5.26 Å². The molecule has 0 aliphatic rings. The van der Waals surface area contributed by atoms with E-state index in [2.05, 4.69) is 15.6 Å². The number of nitrogens with one attached hydrogen (secondary N) is 2. The molecule has 1 aromatic heterocycles. The van der Waals surface area contributed by atoms with E-state index in [1.165, 1.54) is 25.4 Å². The fourth-order valence-electron chi connectivity index (χ4n) is 2.68. The minimum atomic E-state index is -0.527. The van der Waals surface area contributed by atoms with Gasteiger partial charge in [-0.3, -0.25) is 14.6 Å². The normalized spacial score (nSPS) is 10.6. The quantitative estimate of drug-likeness (QED) is 0.437. The second kappa shape index (κ2) is 10.4. The Balaban J connectivity index is 1.66. The van der Waals surface area contributed by atoms with E-state index in [0.717, 1.165) is 0 Å². The summed E-state index contributed by atoms with van der Waals surface area (Å²) in [4.78, 5) is 28.1. The van der Waals surface area contributed by atoms with Crippen molar-refractivity contribution in [3.8, 4) is 23.3 Å². The van der Waals surface area contributed by atoms with Gasteiger partial charge in [-0.15, -0.1) is 0 Å². The predicted molar refractivity (Wildman–Crippen MR) is 119 cm³/mol. The van der Waals surface area contributed by atoms with Crippen molar-refractivity contribution in [2.24, 2.45) is 0 Å². The van der Waals surface area contributed by atoms with Crippen LogP contribution in [-0.2, 0) is 4.79 Å². The van der Waals surface area contributed by atoms with E-state index in [4.69, 9.17) is 9.47 Å². The zero-order chi connectivity index (χ0) is 22.9. The highest BCUT2D eigenvalue weighted by atomic mass is 16.5. The first-order valence-electron chi connectivity index (χ1n) is 9.55. The van der Waals surface area contributed by atoms with Gasteiger partial charge < -0.3 is 20.1 Å². The minimum Gasteiger partial charge on any atom is -0.497 e. The fourth-order valence-corrected chi connectivity index (χ4v) is 2.68. The summed E-state index contributed by atoms with van der Waals surface area (Å²) in [7, 11) is 3.09. The van der Waals surface area contributed by atoms with E-state index in [0.29, 0.717) is 28.5 Å². The third kappa shape index (κ3) is 5.70. The lowest BCUT2D eigenvalue weighted by Gasteiger charge is -2.09. The Bertz CT molecular complexity index is 1180. The van der Waals surface area contributed by atoms with Crippen molar-refractivity contribution in [2.45, 2.75) is 0 Å². The topological polar surface area (TPSA) is 113 Å². The Hall–Kier alpha value is -4.64. The molecular formula is C24H20N4O4. The number of hydrogen-bond donors (Lipinski definition) is 2.